The summed E-state index contributed by atoms with van der Waals surface area (Å²) in [6.45, 7) is 7.71. The fourth-order valence-electron chi connectivity index (χ4n) is 4.96. The molecule has 354 valence electrons. The summed E-state index contributed by atoms with van der Waals surface area (Å²) in [6.07, 6.45) is 1.57. The molecule has 0 radical (unpaired) electrons. The summed E-state index contributed by atoms with van der Waals surface area (Å²) in [6, 6.07) is 0. The average Bonchev–Trinajstić information content (AvgIpc) is 3.20. The molecule has 0 saturated heterocycles. The van der Waals surface area contributed by atoms with E-state index in [9.17, 15) is 33.6 Å². The van der Waals surface area contributed by atoms with Crippen LogP contribution in [0.1, 0.15) is 71.6 Å². The van der Waals surface area contributed by atoms with Crippen LogP contribution in [-0.2, 0) is 80.9 Å². The number of amides is 2. The summed E-state index contributed by atoms with van der Waals surface area (Å²) < 4.78 is 57.3. The topological polar surface area (TPSA) is 248 Å². The Bertz CT molecular complexity index is 1170. The van der Waals surface area contributed by atoms with Gasteiger partial charge in [-0.05, 0) is 32.6 Å². The van der Waals surface area contributed by atoms with E-state index in [0.29, 0.717) is 91.4 Å². The summed E-state index contributed by atoms with van der Waals surface area (Å²) in [5, 5.41) is 5.35. The molecule has 0 aliphatic heterocycles. The smallest absolute Gasteiger partial charge is 0.407 e. The third-order valence-corrected chi connectivity index (χ3v) is 7.97. The highest BCUT2D eigenvalue weighted by Gasteiger charge is 2.17. The van der Waals surface area contributed by atoms with Crippen molar-refractivity contribution in [3.8, 4) is 0 Å². The number of methoxy groups -OCH3 is 2. The third kappa shape index (κ3) is 41.2. The molecule has 0 fully saturated rings. The van der Waals surface area contributed by atoms with Crippen LogP contribution in [0.2, 0.25) is 0 Å². The van der Waals surface area contributed by atoms with Gasteiger partial charge >= 0.3 is 30.0 Å². The standard InChI is InChI=1S/C40H71N3O18/c1-33(44)32-43(16-22-57-34(2)45)17-23-58-38(48)10-6-18-53-27-29-56-21-15-41-36(46)13-20-55-28-26-54-19-7-11-39(49)61-35(8-5-9-37(47)59-30-24-51-3)12-14-42-40(50)60-31-25-52-4/h35H,5-32H2,1-4H3,(H,41,46)(H,42,50). The maximum Gasteiger partial charge on any atom is 0.407 e. The first-order valence-electron chi connectivity index (χ1n) is 20.8. The lowest BCUT2D eigenvalue weighted by molar-refractivity contribution is -0.150. The van der Waals surface area contributed by atoms with E-state index in [0.717, 1.165) is 0 Å². The third-order valence-electron chi connectivity index (χ3n) is 7.97. The molecule has 0 saturated carbocycles. The van der Waals surface area contributed by atoms with Crippen molar-refractivity contribution in [2.45, 2.75) is 77.7 Å². The van der Waals surface area contributed by atoms with Crippen LogP contribution in [0, 0.1) is 0 Å². The molecule has 2 N–H and O–H groups in total. The van der Waals surface area contributed by atoms with E-state index in [1.165, 1.54) is 28.1 Å². The molecule has 0 bridgehead atoms. The molecule has 0 heterocycles. The second kappa shape index (κ2) is 41.4. The monoisotopic (exact) mass is 881 g/mol. The number of ketones is 1. The average molecular weight is 882 g/mol. The van der Waals surface area contributed by atoms with Gasteiger partial charge in [0.25, 0.3) is 0 Å². The van der Waals surface area contributed by atoms with Gasteiger partial charge in [0.15, 0.2) is 0 Å². The molecule has 0 aromatic heterocycles. The second-order valence-electron chi connectivity index (χ2n) is 13.4. The summed E-state index contributed by atoms with van der Waals surface area (Å²) in [5.41, 5.74) is 0. The van der Waals surface area contributed by atoms with E-state index < -0.39 is 24.1 Å². The van der Waals surface area contributed by atoms with Crippen molar-refractivity contribution in [1.29, 1.82) is 0 Å². The molecule has 61 heavy (non-hydrogen) atoms. The van der Waals surface area contributed by atoms with Crippen molar-refractivity contribution in [2.75, 3.05) is 139 Å². The van der Waals surface area contributed by atoms with Gasteiger partial charge in [0.2, 0.25) is 5.91 Å². The van der Waals surface area contributed by atoms with Crippen LogP contribution in [0.15, 0.2) is 0 Å². The summed E-state index contributed by atoms with van der Waals surface area (Å²) in [4.78, 5) is 84.3. The van der Waals surface area contributed by atoms with Crippen LogP contribution in [0.3, 0.4) is 0 Å². The van der Waals surface area contributed by atoms with Crippen molar-refractivity contribution in [3.05, 3.63) is 0 Å². The largest absolute Gasteiger partial charge is 0.465 e. The Hall–Kier alpha value is -3.99. The Morgan fingerprint density at radius 3 is 1.64 bits per heavy atom. The van der Waals surface area contributed by atoms with E-state index in [4.69, 9.17) is 52.1 Å². The van der Waals surface area contributed by atoms with Crippen LogP contribution in [0.4, 0.5) is 4.79 Å². The molecule has 21 heteroatoms. The Kier molecular flexibility index (Phi) is 38.7. The van der Waals surface area contributed by atoms with Gasteiger partial charge in [-0.1, -0.05) is 0 Å². The second-order valence-corrected chi connectivity index (χ2v) is 13.4. The minimum Gasteiger partial charge on any atom is -0.465 e. The normalized spacial score (nSPS) is 11.4. The van der Waals surface area contributed by atoms with Gasteiger partial charge < -0.3 is 62.7 Å². The van der Waals surface area contributed by atoms with Gasteiger partial charge in [0.05, 0.1) is 59.4 Å². The number of nitrogens with one attached hydrogen (secondary N) is 2. The zero-order valence-corrected chi connectivity index (χ0v) is 36.7. The number of carbonyl (C=O) groups is 7. The van der Waals surface area contributed by atoms with Crippen LogP contribution in [-0.4, -0.2) is 192 Å². The molecule has 1 unspecified atom stereocenters. The van der Waals surface area contributed by atoms with E-state index in [1.807, 2.05) is 0 Å². The molecule has 0 rings (SSSR count). The number of hydrogen-bond acceptors (Lipinski definition) is 19. The molecule has 1 atom stereocenters. The van der Waals surface area contributed by atoms with E-state index in [-0.39, 0.29) is 115 Å². The van der Waals surface area contributed by atoms with Gasteiger partial charge in [-0.2, -0.15) is 0 Å². The SMILES string of the molecule is COCCOC(=O)CCCC(CCNC(=O)OCCOC)OC(=O)CCCOCCOCCC(=O)NCCOCCOCCCC(=O)OCCN(CCOC(C)=O)CC(C)=O. The number of nitrogens with zero attached hydrogens (tertiary/aromatic N) is 1. The minimum atomic E-state index is -0.607. The van der Waals surface area contributed by atoms with Gasteiger partial charge in [0.1, 0.15) is 38.3 Å². The lowest BCUT2D eigenvalue weighted by Gasteiger charge is -2.20. The van der Waals surface area contributed by atoms with E-state index >= 15 is 0 Å². The van der Waals surface area contributed by atoms with E-state index in [1.54, 1.807) is 4.90 Å². The maximum absolute atomic E-state index is 12.5. The van der Waals surface area contributed by atoms with Gasteiger partial charge in [-0.25, -0.2) is 4.79 Å². The van der Waals surface area contributed by atoms with Gasteiger partial charge in [0, 0.05) is 92.6 Å². The summed E-state index contributed by atoms with van der Waals surface area (Å²) in [7, 11) is 3.01. The fraction of sp³-hybridized carbons (Fsp3) is 0.825. The molecule has 0 aromatic carbocycles. The Morgan fingerprint density at radius 2 is 1.03 bits per heavy atom. The molecule has 0 aliphatic carbocycles. The number of ether oxygens (including phenoxy) is 11. The van der Waals surface area contributed by atoms with Crippen LogP contribution in [0.25, 0.3) is 0 Å². The first-order valence-corrected chi connectivity index (χ1v) is 20.8. The zero-order chi connectivity index (χ0) is 45.2. The van der Waals surface area contributed by atoms with Crippen LogP contribution < -0.4 is 10.6 Å². The highest BCUT2D eigenvalue weighted by atomic mass is 16.6. The predicted octanol–water partition coefficient (Wildman–Crippen LogP) is 1.15. The first-order chi connectivity index (χ1) is 29.5. The predicted molar refractivity (Wildman–Crippen MR) is 216 cm³/mol. The molecule has 21 nitrogen and oxygen atoms in total. The van der Waals surface area contributed by atoms with Gasteiger partial charge in [-0.15, -0.1) is 0 Å². The lowest BCUT2D eigenvalue weighted by Crippen LogP contribution is -2.35. The van der Waals surface area contributed by atoms with Crippen molar-refractivity contribution in [1.82, 2.24) is 15.5 Å². The zero-order valence-electron chi connectivity index (χ0n) is 36.7. The minimum absolute atomic E-state index is 0.0446. The fourth-order valence-corrected chi connectivity index (χ4v) is 4.96. The molecule has 0 aromatic rings. The van der Waals surface area contributed by atoms with Crippen molar-refractivity contribution < 1.29 is 85.7 Å². The number of hydrogen-bond donors (Lipinski definition) is 2. The Balaban J connectivity index is 3.91. The number of alkyl carbamates (subject to hydrolysis) is 1. The Morgan fingerprint density at radius 1 is 0.492 bits per heavy atom. The number of Topliss-reactive ketones (excluding diaryl/α,β-unsaturated/α-hetero) is 1. The molecule has 0 aliphatic rings. The number of carbonyl (C=O) groups excluding carboxylic acids is 7. The van der Waals surface area contributed by atoms with Crippen LogP contribution in [0.5, 0.6) is 0 Å². The molecule has 0 spiro atoms. The quantitative estimate of drug-likeness (QED) is 0.0496. The van der Waals surface area contributed by atoms with Crippen molar-refractivity contribution >= 4 is 41.7 Å². The van der Waals surface area contributed by atoms with Crippen molar-refractivity contribution in [2.24, 2.45) is 0 Å². The molecular weight excluding hydrogens is 810 g/mol. The first kappa shape index (κ1) is 57.0. The van der Waals surface area contributed by atoms with Crippen LogP contribution >= 0.6 is 0 Å². The van der Waals surface area contributed by atoms with Crippen molar-refractivity contribution in [3.63, 3.8) is 0 Å². The van der Waals surface area contributed by atoms with Gasteiger partial charge in [-0.3, -0.25) is 33.7 Å². The highest BCUT2D eigenvalue weighted by molar-refractivity contribution is 5.77. The number of esters is 4. The molecular formula is C40H71N3O18. The number of rotatable bonds is 42. The molecule has 2 amide bonds. The summed E-state index contributed by atoms with van der Waals surface area (Å²) in [5.74, 6) is -1.79. The Labute approximate surface area is 359 Å². The summed E-state index contributed by atoms with van der Waals surface area (Å²) >= 11 is 0. The highest BCUT2D eigenvalue weighted by Crippen LogP contribution is 2.12. The lowest BCUT2D eigenvalue weighted by atomic mass is 10.1. The van der Waals surface area contributed by atoms with E-state index in [2.05, 4.69) is 10.6 Å². The maximum atomic E-state index is 12.5.